The predicted molar refractivity (Wildman–Crippen MR) is 98.3 cm³/mol. The molecule has 8 heteroatoms. The van der Waals surface area contributed by atoms with Crippen molar-refractivity contribution in [2.24, 2.45) is 5.92 Å². The Labute approximate surface area is 159 Å². The van der Waals surface area contributed by atoms with E-state index in [0.29, 0.717) is 10.9 Å². The Morgan fingerprint density at radius 3 is 2.31 bits per heavy atom. The standard InChI is InChI=1S/C18H19ClF2N2O2S/c1-10(2)16(18(25)23(3)9-11-7-8-14(19)26-11)22-17(24)15-12(20)5-4-6-13(15)21/h4-8,10,16H,9H2,1-3H3,(H,22,24). The zero-order valence-electron chi connectivity index (χ0n) is 14.6. The Kier molecular flexibility index (Phi) is 6.72. The third-order valence-corrected chi connectivity index (χ3v) is 5.02. The molecule has 0 aliphatic rings. The van der Waals surface area contributed by atoms with Crippen LogP contribution in [0.1, 0.15) is 29.1 Å². The molecule has 0 aliphatic heterocycles. The number of nitrogens with one attached hydrogen (secondary N) is 1. The number of hydrogen-bond donors (Lipinski definition) is 1. The largest absolute Gasteiger partial charge is 0.340 e. The number of carbonyl (C=O) groups excluding carboxylic acids is 2. The lowest BCUT2D eigenvalue weighted by Crippen LogP contribution is -2.50. The molecule has 2 rings (SSSR count). The first-order valence-corrected chi connectivity index (χ1v) is 9.14. The molecule has 1 N–H and O–H groups in total. The van der Waals surface area contributed by atoms with Crippen LogP contribution in [0.25, 0.3) is 0 Å². The van der Waals surface area contributed by atoms with Gasteiger partial charge >= 0.3 is 0 Å². The van der Waals surface area contributed by atoms with Gasteiger partial charge in [-0.1, -0.05) is 31.5 Å². The summed E-state index contributed by atoms with van der Waals surface area (Å²) in [4.78, 5) is 27.4. The van der Waals surface area contributed by atoms with Gasteiger partial charge in [0, 0.05) is 11.9 Å². The topological polar surface area (TPSA) is 49.4 Å². The van der Waals surface area contributed by atoms with E-state index < -0.39 is 29.1 Å². The molecule has 0 aliphatic carbocycles. The summed E-state index contributed by atoms with van der Waals surface area (Å²) in [7, 11) is 1.60. The Hall–Kier alpha value is -1.99. The van der Waals surface area contributed by atoms with Crippen molar-refractivity contribution in [3.05, 3.63) is 56.7 Å². The maximum absolute atomic E-state index is 13.8. The molecule has 0 spiro atoms. The van der Waals surface area contributed by atoms with Crippen molar-refractivity contribution in [3.63, 3.8) is 0 Å². The summed E-state index contributed by atoms with van der Waals surface area (Å²) in [5.41, 5.74) is -0.696. The van der Waals surface area contributed by atoms with Gasteiger partial charge in [-0.3, -0.25) is 9.59 Å². The highest BCUT2D eigenvalue weighted by Crippen LogP contribution is 2.23. The maximum Gasteiger partial charge on any atom is 0.257 e. The van der Waals surface area contributed by atoms with Crippen LogP contribution in [0.2, 0.25) is 4.34 Å². The van der Waals surface area contributed by atoms with Gasteiger partial charge in [0.15, 0.2) is 0 Å². The lowest BCUT2D eigenvalue weighted by molar-refractivity contribution is -0.133. The summed E-state index contributed by atoms with van der Waals surface area (Å²) in [5.74, 6) is -3.52. The molecule has 2 aromatic rings. The molecule has 26 heavy (non-hydrogen) atoms. The van der Waals surface area contributed by atoms with Gasteiger partial charge < -0.3 is 10.2 Å². The Balaban J connectivity index is 2.14. The number of amides is 2. The van der Waals surface area contributed by atoms with Gasteiger partial charge in [0.2, 0.25) is 5.91 Å². The molecular weight excluding hydrogens is 382 g/mol. The van der Waals surface area contributed by atoms with Gasteiger partial charge in [0.1, 0.15) is 23.2 Å². The molecule has 140 valence electrons. The zero-order valence-corrected chi connectivity index (χ0v) is 16.1. The van der Waals surface area contributed by atoms with E-state index in [0.717, 1.165) is 17.0 Å². The van der Waals surface area contributed by atoms with Gasteiger partial charge in [-0.05, 0) is 30.2 Å². The van der Waals surface area contributed by atoms with E-state index in [2.05, 4.69) is 5.32 Å². The molecule has 0 saturated heterocycles. The van der Waals surface area contributed by atoms with E-state index in [1.807, 2.05) is 6.07 Å². The average molecular weight is 401 g/mol. The molecular formula is C18H19ClF2N2O2S. The van der Waals surface area contributed by atoms with Crippen molar-refractivity contribution in [2.45, 2.75) is 26.4 Å². The Morgan fingerprint density at radius 1 is 1.19 bits per heavy atom. The highest BCUT2D eigenvalue weighted by atomic mass is 35.5. The SMILES string of the molecule is CC(C)C(NC(=O)c1c(F)cccc1F)C(=O)N(C)Cc1ccc(Cl)s1. The monoisotopic (exact) mass is 400 g/mol. The molecule has 4 nitrogen and oxygen atoms in total. The quantitative estimate of drug-likeness (QED) is 0.793. The van der Waals surface area contributed by atoms with Crippen LogP contribution < -0.4 is 5.32 Å². The number of benzene rings is 1. The number of thiophene rings is 1. The Bertz CT molecular complexity index is 790. The normalized spacial score (nSPS) is 12.1. The molecule has 0 saturated carbocycles. The molecule has 1 aromatic carbocycles. The van der Waals surface area contributed by atoms with E-state index in [4.69, 9.17) is 11.6 Å². The van der Waals surface area contributed by atoms with Crippen molar-refractivity contribution in [3.8, 4) is 0 Å². The summed E-state index contributed by atoms with van der Waals surface area (Å²) in [6.07, 6.45) is 0. The third-order valence-electron chi connectivity index (χ3n) is 3.81. The molecule has 1 heterocycles. The number of rotatable bonds is 6. The summed E-state index contributed by atoms with van der Waals surface area (Å²) < 4.78 is 28.2. The van der Waals surface area contributed by atoms with Crippen LogP contribution in [-0.4, -0.2) is 29.8 Å². The van der Waals surface area contributed by atoms with Gasteiger partial charge in [-0.25, -0.2) is 8.78 Å². The predicted octanol–water partition coefficient (Wildman–Crippen LogP) is 4.09. The van der Waals surface area contributed by atoms with Crippen molar-refractivity contribution < 1.29 is 18.4 Å². The van der Waals surface area contributed by atoms with E-state index in [1.165, 1.54) is 22.3 Å². The maximum atomic E-state index is 13.8. The third kappa shape index (κ3) is 4.80. The number of hydrogen-bond acceptors (Lipinski definition) is 3. The summed E-state index contributed by atoms with van der Waals surface area (Å²) in [6, 6.07) is 5.80. The number of carbonyl (C=O) groups is 2. The molecule has 0 radical (unpaired) electrons. The van der Waals surface area contributed by atoms with Gasteiger partial charge in [-0.15, -0.1) is 11.3 Å². The van der Waals surface area contributed by atoms with E-state index in [9.17, 15) is 18.4 Å². The van der Waals surface area contributed by atoms with Gasteiger partial charge in [-0.2, -0.15) is 0 Å². The van der Waals surface area contributed by atoms with Crippen LogP contribution in [0.4, 0.5) is 8.78 Å². The summed E-state index contributed by atoms with van der Waals surface area (Å²) in [6.45, 7) is 3.82. The molecule has 0 bridgehead atoms. The van der Waals surface area contributed by atoms with Crippen molar-refractivity contribution in [1.82, 2.24) is 10.2 Å². The van der Waals surface area contributed by atoms with Crippen LogP contribution in [0.5, 0.6) is 0 Å². The minimum absolute atomic E-state index is 0.268. The number of likely N-dealkylation sites (N-methyl/N-ethyl adjacent to an activating group) is 1. The smallest absolute Gasteiger partial charge is 0.257 e. The van der Waals surface area contributed by atoms with Crippen LogP contribution >= 0.6 is 22.9 Å². The number of halogens is 3. The fourth-order valence-corrected chi connectivity index (χ4v) is 3.57. The van der Waals surface area contributed by atoms with Crippen LogP contribution in [0.15, 0.2) is 30.3 Å². The molecule has 1 atom stereocenters. The van der Waals surface area contributed by atoms with Crippen LogP contribution in [-0.2, 0) is 11.3 Å². The van der Waals surface area contributed by atoms with E-state index in [1.54, 1.807) is 27.0 Å². The first-order chi connectivity index (χ1) is 12.2. The highest BCUT2D eigenvalue weighted by Gasteiger charge is 2.29. The minimum Gasteiger partial charge on any atom is -0.340 e. The first-order valence-electron chi connectivity index (χ1n) is 7.94. The summed E-state index contributed by atoms with van der Waals surface area (Å²) in [5, 5.41) is 2.45. The second-order valence-corrected chi connectivity index (χ2v) is 7.99. The molecule has 2 amide bonds. The van der Waals surface area contributed by atoms with Crippen molar-refractivity contribution in [1.29, 1.82) is 0 Å². The Morgan fingerprint density at radius 2 is 1.81 bits per heavy atom. The van der Waals surface area contributed by atoms with Gasteiger partial charge in [0.05, 0.1) is 10.9 Å². The summed E-state index contributed by atoms with van der Waals surface area (Å²) >= 11 is 7.24. The second kappa shape index (κ2) is 8.60. The first kappa shape index (κ1) is 20.3. The molecule has 1 aromatic heterocycles. The van der Waals surface area contributed by atoms with E-state index >= 15 is 0 Å². The highest BCUT2D eigenvalue weighted by molar-refractivity contribution is 7.16. The fourth-order valence-electron chi connectivity index (χ4n) is 2.43. The van der Waals surface area contributed by atoms with Crippen molar-refractivity contribution in [2.75, 3.05) is 7.05 Å². The number of nitrogens with zero attached hydrogens (tertiary/aromatic N) is 1. The zero-order chi connectivity index (χ0) is 19.4. The van der Waals surface area contributed by atoms with Crippen LogP contribution in [0.3, 0.4) is 0 Å². The van der Waals surface area contributed by atoms with Gasteiger partial charge in [0.25, 0.3) is 5.91 Å². The molecule has 0 fully saturated rings. The lowest BCUT2D eigenvalue weighted by Gasteiger charge is -2.27. The molecule has 1 unspecified atom stereocenters. The van der Waals surface area contributed by atoms with E-state index in [-0.39, 0.29) is 11.8 Å². The average Bonchev–Trinajstić information content (AvgIpc) is 2.96. The van der Waals surface area contributed by atoms with Crippen molar-refractivity contribution >= 4 is 34.8 Å². The minimum atomic E-state index is -0.973. The fraction of sp³-hybridized carbons (Fsp3) is 0.333. The lowest BCUT2D eigenvalue weighted by atomic mass is 10.0. The van der Waals surface area contributed by atoms with Crippen LogP contribution in [0, 0.1) is 17.6 Å². The second-order valence-electron chi connectivity index (χ2n) is 6.19.